The van der Waals surface area contributed by atoms with Crippen LogP contribution in [0.15, 0.2) is 24.3 Å². The van der Waals surface area contributed by atoms with Crippen molar-refractivity contribution in [2.75, 3.05) is 73.7 Å². The normalized spacial score (nSPS) is 19.6. The Morgan fingerprint density at radius 3 is 1.75 bits per heavy atom. The maximum Gasteiger partial charge on any atom is 0.227 e. The van der Waals surface area contributed by atoms with Gasteiger partial charge in [0.05, 0.1) is 17.0 Å². The molecule has 12 heteroatoms. The van der Waals surface area contributed by atoms with E-state index in [2.05, 4.69) is 4.90 Å². The smallest absolute Gasteiger partial charge is 0.227 e. The average molecular weight is 483 g/mol. The van der Waals surface area contributed by atoms with Gasteiger partial charge in [-0.2, -0.15) is 13.6 Å². The minimum absolute atomic E-state index is 0.101. The minimum atomic E-state index is -3.20. The molecule has 176 valence electrons. The van der Waals surface area contributed by atoms with Gasteiger partial charge >= 0.3 is 0 Å². The zero-order valence-electron chi connectivity index (χ0n) is 18.5. The van der Waals surface area contributed by atoms with Crippen LogP contribution in [0.5, 0.6) is 0 Å². The summed E-state index contributed by atoms with van der Waals surface area (Å²) in [5.74, 6) is 1.58. The minimum Gasteiger partial charge on any atom is -0.353 e. The third kappa shape index (κ3) is 4.54. The molecule has 2 fully saturated rings. The molecule has 0 radical (unpaired) electrons. The summed E-state index contributed by atoms with van der Waals surface area (Å²) in [7, 11) is -6.40. The monoisotopic (exact) mass is 482 g/mol. The number of benzene rings is 1. The fourth-order valence-electron chi connectivity index (χ4n) is 4.14. The largest absolute Gasteiger partial charge is 0.353 e. The number of sulfonamides is 2. The topological polar surface area (TPSA) is 107 Å². The quantitative estimate of drug-likeness (QED) is 0.588. The van der Waals surface area contributed by atoms with Crippen LogP contribution in [-0.2, 0) is 20.0 Å². The van der Waals surface area contributed by atoms with E-state index >= 15 is 0 Å². The summed E-state index contributed by atoms with van der Waals surface area (Å²) < 4.78 is 51.9. The Bertz CT molecular complexity index is 1170. The van der Waals surface area contributed by atoms with Crippen molar-refractivity contribution in [2.45, 2.75) is 13.8 Å². The van der Waals surface area contributed by atoms with Crippen LogP contribution in [-0.4, -0.2) is 99.3 Å². The van der Waals surface area contributed by atoms with E-state index in [1.807, 2.05) is 29.2 Å². The average Bonchev–Trinajstić information content (AvgIpc) is 2.83. The van der Waals surface area contributed by atoms with Gasteiger partial charge in [-0.15, -0.1) is 0 Å². The lowest BCUT2D eigenvalue weighted by molar-refractivity contribution is 0.382. The zero-order valence-corrected chi connectivity index (χ0v) is 20.1. The predicted octanol–water partition coefficient (Wildman–Crippen LogP) is 0.573. The molecule has 1 aromatic heterocycles. The van der Waals surface area contributed by atoms with Crippen LogP contribution >= 0.6 is 0 Å². The maximum atomic E-state index is 12.2. The van der Waals surface area contributed by atoms with Gasteiger partial charge in [-0.25, -0.2) is 21.8 Å². The molecule has 2 aliphatic heterocycles. The van der Waals surface area contributed by atoms with Crippen molar-refractivity contribution in [3.63, 3.8) is 0 Å². The molecular formula is C20H30N6O4S2. The summed E-state index contributed by atoms with van der Waals surface area (Å²) in [4.78, 5) is 13.8. The second-order valence-electron chi connectivity index (χ2n) is 7.94. The molecule has 0 bridgehead atoms. The molecule has 0 saturated carbocycles. The van der Waals surface area contributed by atoms with Gasteiger partial charge in [0.15, 0.2) is 0 Å². The highest BCUT2D eigenvalue weighted by Gasteiger charge is 2.29. The van der Waals surface area contributed by atoms with E-state index in [0.29, 0.717) is 58.3 Å². The molecule has 0 atom stereocenters. The molecule has 0 amide bonds. The fraction of sp³-hybridized carbons (Fsp3) is 0.600. The van der Waals surface area contributed by atoms with Gasteiger partial charge in [-0.3, -0.25) is 0 Å². The van der Waals surface area contributed by atoms with Crippen LogP contribution in [0.1, 0.15) is 13.8 Å². The van der Waals surface area contributed by atoms with Gasteiger partial charge in [0.1, 0.15) is 5.82 Å². The highest BCUT2D eigenvalue weighted by atomic mass is 32.2. The van der Waals surface area contributed by atoms with Crippen molar-refractivity contribution in [3.05, 3.63) is 24.3 Å². The Morgan fingerprint density at radius 1 is 0.719 bits per heavy atom. The fourth-order valence-corrected chi connectivity index (χ4v) is 6.31. The van der Waals surface area contributed by atoms with Crippen LogP contribution in [0.2, 0.25) is 0 Å². The van der Waals surface area contributed by atoms with Crippen molar-refractivity contribution in [3.8, 4) is 0 Å². The van der Waals surface area contributed by atoms with E-state index < -0.39 is 20.0 Å². The Kier molecular flexibility index (Phi) is 6.57. The van der Waals surface area contributed by atoms with Gasteiger partial charge < -0.3 is 9.80 Å². The molecule has 2 saturated heterocycles. The van der Waals surface area contributed by atoms with E-state index in [1.54, 1.807) is 18.2 Å². The molecule has 10 nitrogen and oxygen atoms in total. The van der Waals surface area contributed by atoms with E-state index in [4.69, 9.17) is 9.97 Å². The SMILES string of the molecule is CCS(=O)(=O)N1CCN(c2nc(N3CCN(S(=O)(=O)CC)CC3)c3ccccc3n2)CC1. The number of para-hydroxylation sites is 1. The molecule has 2 aromatic rings. The number of hydrogen-bond acceptors (Lipinski definition) is 8. The summed E-state index contributed by atoms with van der Waals surface area (Å²) in [6, 6.07) is 7.80. The van der Waals surface area contributed by atoms with Gasteiger partial charge in [0.25, 0.3) is 0 Å². The third-order valence-electron chi connectivity index (χ3n) is 6.15. The lowest BCUT2D eigenvalue weighted by atomic mass is 10.2. The summed E-state index contributed by atoms with van der Waals surface area (Å²) in [6.45, 7) is 7.17. The van der Waals surface area contributed by atoms with Gasteiger partial charge in [-0.05, 0) is 26.0 Å². The molecule has 32 heavy (non-hydrogen) atoms. The Labute approximate surface area is 189 Å². The highest BCUT2D eigenvalue weighted by molar-refractivity contribution is 7.89. The van der Waals surface area contributed by atoms with Crippen LogP contribution < -0.4 is 9.80 Å². The van der Waals surface area contributed by atoms with Crippen LogP contribution in [0.3, 0.4) is 0 Å². The zero-order chi connectivity index (χ0) is 22.9. The molecule has 3 heterocycles. The molecule has 4 rings (SSSR count). The maximum absolute atomic E-state index is 12.2. The van der Waals surface area contributed by atoms with Crippen molar-refractivity contribution < 1.29 is 16.8 Å². The van der Waals surface area contributed by atoms with Gasteiger partial charge in [-0.1, -0.05) is 12.1 Å². The first-order valence-electron chi connectivity index (χ1n) is 11.0. The summed E-state index contributed by atoms with van der Waals surface area (Å²) in [5, 5.41) is 0.926. The van der Waals surface area contributed by atoms with E-state index in [0.717, 1.165) is 16.7 Å². The number of aromatic nitrogens is 2. The Balaban J connectivity index is 1.58. The number of hydrogen-bond donors (Lipinski definition) is 0. The molecule has 0 unspecified atom stereocenters. The van der Waals surface area contributed by atoms with Crippen LogP contribution in [0.4, 0.5) is 11.8 Å². The van der Waals surface area contributed by atoms with Crippen molar-refractivity contribution >= 4 is 42.7 Å². The van der Waals surface area contributed by atoms with Crippen molar-refractivity contribution in [1.82, 2.24) is 18.6 Å². The van der Waals surface area contributed by atoms with Crippen LogP contribution in [0, 0.1) is 0 Å². The standard InChI is InChI=1S/C20H30N6O4S2/c1-3-31(27,28)25-13-9-23(10-14-25)19-17-7-5-6-8-18(17)21-20(22-19)24-11-15-26(16-12-24)32(29,30)4-2/h5-8H,3-4,9-16H2,1-2H3. The third-order valence-corrected chi connectivity index (χ3v) is 9.91. The first-order chi connectivity index (χ1) is 15.2. The van der Waals surface area contributed by atoms with E-state index in [9.17, 15) is 16.8 Å². The summed E-state index contributed by atoms with van der Waals surface area (Å²) in [5.41, 5.74) is 0.819. The summed E-state index contributed by atoms with van der Waals surface area (Å²) >= 11 is 0. The first kappa shape index (κ1) is 23.1. The number of piperazine rings is 2. The molecular weight excluding hydrogens is 452 g/mol. The number of nitrogens with zero attached hydrogens (tertiary/aromatic N) is 6. The van der Waals surface area contributed by atoms with Gasteiger partial charge in [0, 0.05) is 57.7 Å². The predicted molar refractivity (Wildman–Crippen MR) is 126 cm³/mol. The molecule has 0 spiro atoms. The van der Waals surface area contributed by atoms with E-state index in [-0.39, 0.29) is 11.5 Å². The summed E-state index contributed by atoms with van der Waals surface area (Å²) in [6.07, 6.45) is 0. The van der Waals surface area contributed by atoms with Crippen molar-refractivity contribution in [1.29, 1.82) is 0 Å². The number of rotatable bonds is 6. The molecule has 2 aliphatic rings. The lowest BCUT2D eigenvalue weighted by Crippen LogP contribution is -2.50. The van der Waals surface area contributed by atoms with Crippen LogP contribution in [0.25, 0.3) is 10.9 Å². The second-order valence-corrected chi connectivity index (χ2v) is 12.5. The highest BCUT2D eigenvalue weighted by Crippen LogP contribution is 2.28. The number of anilines is 2. The van der Waals surface area contributed by atoms with E-state index in [1.165, 1.54) is 4.31 Å². The first-order valence-corrected chi connectivity index (χ1v) is 14.2. The Hall–Kier alpha value is -2.02. The Morgan fingerprint density at radius 2 is 1.22 bits per heavy atom. The molecule has 1 aromatic carbocycles. The second kappa shape index (κ2) is 9.08. The number of fused-ring (bicyclic) bond motifs is 1. The van der Waals surface area contributed by atoms with Crippen molar-refractivity contribution in [2.24, 2.45) is 0 Å². The molecule has 0 N–H and O–H groups in total. The molecule has 0 aliphatic carbocycles. The lowest BCUT2D eigenvalue weighted by Gasteiger charge is -2.36. The van der Waals surface area contributed by atoms with Gasteiger partial charge in [0.2, 0.25) is 26.0 Å².